The van der Waals surface area contributed by atoms with Gasteiger partial charge in [-0.05, 0) is 31.5 Å². The van der Waals surface area contributed by atoms with Crippen molar-refractivity contribution < 1.29 is 9.53 Å². The molecule has 0 fully saturated rings. The minimum atomic E-state index is -0.262. The van der Waals surface area contributed by atoms with E-state index in [0.717, 1.165) is 24.1 Å². The van der Waals surface area contributed by atoms with Crippen LogP contribution in [0.25, 0.3) is 0 Å². The van der Waals surface area contributed by atoms with Gasteiger partial charge in [0.15, 0.2) is 0 Å². The molecule has 0 saturated carbocycles. The maximum absolute atomic E-state index is 11.7. The lowest BCUT2D eigenvalue weighted by Gasteiger charge is -2.08. The Balaban J connectivity index is 2.57. The zero-order chi connectivity index (χ0) is 13.4. The predicted molar refractivity (Wildman–Crippen MR) is 74.9 cm³/mol. The van der Waals surface area contributed by atoms with Gasteiger partial charge in [-0.1, -0.05) is 31.6 Å². The van der Waals surface area contributed by atoms with Crippen LogP contribution < -0.4 is 5.32 Å². The average molecular weight is 247 g/mol. The highest BCUT2D eigenvalue weighted by Crippen LogP contribution is 2.12. The van der Waals surface area contributed by atoms with Crippen molar-refractivity contribution in [1.82, 2.24) is 0 Å². The Kier molecular flexibility index (Phi) is 5.98. The Hall–Kier alpha value is -1.77. The summed E-state index contributed by atoms with van der Waals surface area (Å²) >= 11 is 0. The molecule has 0 bridgehead atoms. The summed E-state index contributed by atoms with van der Waals surface area (Å²) in [4.78, 5) is 11.7. The summed E-state index contributed by atoms with van der Waals surface area (Å²) in [5, 5.41) is 3.20. The van der Waals surface area contributed by atoms with Crippen LogP contribution in [0.2, 0.25) is 0 Å². The molecule has 0 unspecified atom stereocenters. The number of nitrogens with one attached hydrogen (secondary N) is 1. The average Bonchev–Trinajstić information content (AvgIpc) is 2.37. The van der Waals surface area contributed by atoms with E-state index >= 15 is 0 Å². The van der Waals surface area contributed by atoms with E-state index in [1.165, 1.54) is 0 Å². The third-order valence-electron chi connectivity index (χ3n) is 2.42. The summed E-state index contributed by atoms with van der Waals surface area (Å²) < 4.78 is 5.16. The van der Waals surface area contributed by atoms with E-state index in [1.54, 1.807) is 12.1 Å². The molecule has 1 aromatic rings. The maximum atomic E-state index is 11.7. The lowest BCUT2D eigenvalue weighted by molar-refractivity contribution is 0.0500. The van der Waals surface area contributed by atoms with Gasteiger partial charge in [-0.3, -0.25) is 0 Å². The molecule has 0 aliphatic rings. The molecule has 1 rings (SSSR count). The molecule has 0 radical (unpaired) electrons. The van der Waals surface area contributed by atoms with Gasteiger partial charge in [0.2, 0.25) is 0 Å². The molecule has 0 spiro atoms. The quantitative estimate of drug-likeness (QED) is 0.454. The maximum Gasteiger partial charge on any atom is 0.338 e. The zero-order valence-corrected chi connectivity index (χ0v) is 11.2. The number of benzene rings is 1. The van der Waals surface area contributed by atoms with Gasteiger partial charge in [-0.2, -0.15) is 0 Å². The molecule has 18 heavy (non-hydrogen) atoms. The van der Waals surface area contributed by atoms with Gasteiger partial charge in [0, 0.05) is 12.2 Å². The Labute approximate surface area is 109 Å². The number of carbonyl (C=O) groups is 1. The van der Waals surface area contributed by atoms with Gasteiger partial charge in [-0.25, -0.2) is 4.79 Å². The number of rotatable bonds is 7. The van der Waals surface area contributed by atoms with Gasteiger partial charge in [0.1, 0.15) is 0 Å². The largest absolute Gasteiger partial charge is 0.462 e. The first kappa shape index (κ1) is 14.3. The van der Waals surface area contributed by atoms with Crippen LogP contribution >= 0.6 is 0 Å². The van der Waals surface area contributed by atoms with E-state index in [-0.39, 0.29) is 5.97 Å². The highest BCUT2D eigenvalue weighted by Gasteiger charge is 2.07. The lowest BCUT2D eigenvalue weighted by atomic mass is 10.2. The minimum absolute atomic E-state index is 0.262. The fraction of sp³-hybridized carbons (Fsp3) is 0.400. The number of unbranched alkanes of at least 4 members (excludes halogenated alkanes) is 1. The first-order valence-electron chi connectivity index (χ1n) is 6.29. The van der Waals surface area contributed by atoms with E-state index in [2.05, 4.69) is 18.8 Å². The first-order chi connectivity index (χ1) is 8.63. The number of hydrogen-bond donors (Lipinski definition) is 1. The second-order valence-corrected chi connectivity index (χ2v) is 4.38. The Morgan fingerprint density at radius 3 is 2.89 bits per heavy atom. The van der Waals surface area contributed by atoms with Crippen molar-refractivity contribution in [3.63, 3.8) is 0 Å². The van der Waals surface area contributed by atoms with Gasteiger partial charge >= 0.3 is 5.97 Å². The Bertz CT molecular complexity index is 413. The summed E-state index contributed by atoms with van der Waals surface area (Å²) in [5.41, 5.74) is 2.53. The second kappa shape index (κ2) is 7.54. The van der Waals surface area contributed by atoms with Crippen molar-refractivity contribution in [2.24, 2.45) is 0 Å². The van der Waals surface area contributed by atoms with E-state index in [9.17, 15) is 4.79 Å². The molecule has 1 aromatic carbocycles. The van der Waals surface area contributed by atoms with E-state index in [1.807, 2.05) is 19.1 Å². The van der Waals surface area contributed by atoms with E-state index in [0.29, 0.717) is 18.7 Å². The summed E-state index contributed by atoms with van der Waals surface area (Å²) in [6.45, 7) is 9.03. The predicted octanol–water partition coefficient (Wildman–Crippen LogP) is 3.63. The number of carbonyl (C=O) groups excluding carboxylic acids is 1. The molecule has 0 aromatic heterocycles. The van der Waals surface area contributed by atoms with Gasteiger partial charge in [0.25, 0.3) is 0 Å². The summed E-state index contributed by atoms with van der Waals surface area (Å²) in [7, 11) is 0. The van der Waals surface area contributed by atoms with Crippen molar-refractivity contribution in [1.29, 1.82) is 0 Å². The standard InChI is InChI=1S/C15H21NO2/c1-4-5-9-18-15(17)13-7-6-8-14(10-13)16-11-12(2)3/h6-8,10,16H,2,4-5,9,11H2,1,3H3. The van der Waals surface area contributed by atoms with Crippen LogP contribution in [0.5, 0.6) is 0 Å². The van der Waals surface area contributed by atoms with Gasteiger partial charge in [0.05, 0.1) is 12.2 Å². The molecule has 0 amide bonds. The number of ether oxygens (including phenoxy) is 1. The van der Waals surface area contributed by atoms with Crippen LogP contribution in [0, 0.1) is 0 Å². The molecule has 0 saturated heterocycles. The summed E-state index contributed by atoms with van der Waals surface area (Å²) in [6, 6.07) is 7.33. The van der Waals surface area contributed by atoms with Crippen LogP contribution in [0.3, 0.4) is 0 Å². The smallest absolute Gasteiger partial charge is 0.338 e. The molecule has 0 aliphatic carbocycles. The van der Waals surface area contributed by atoms with Crippen molar-refractivity contribution >= 4 is 11.7 Å². The lowest BCUT2D eigenvalue weighted by Crippen LogP contribution is -2.08. The fourth-order valence-electron chi connectivity index (χ4n) is 1.40. The van der Waals surface area contributed by atoms with Crippen LogP contribution in [0.1, 0.15) is 37.0 Å². The third-order valence-corrected chi connectivity index (χ3v) is 2.42. The minimum Gasteiger partial charge on any atom is -0.462 e. The number of hydrogen-bond acceptors (Lipinski definition) is 3. The highest BCUT2D eigenvalue weighted by atomic mass is 16.5. The van der Waals surface area contributed by atoms with Gasteiger partial charge < -0.3 is 10.1 Å². The highest BCUT2D eigenvalue weighted by molar-refractivity contribution is 5.90. The molecule has 3 heteroatoms. The normalized spacial score (nSPS) is 9.89. The van der Waals surface area contributed by atoms with Crippen molar-refractivity contribution in [3.8, 4) is 0 Å². The molecular weight excluding hydrogens is 226 g/mol. The summed E-state index contributed by atoms with van der Waals surface area (Å²) in [5.74, 6) is -0.262. The zero-order valence-electron chi connectivity index (χ0n) is 11.2. The SMILES string of the molecule is C=C(C)CNc1cccc(C(=O)OCCCC)c1. The van der Waals surface area contributed by atoms with Crippen molar-refractivity contribution in [3.05, 3.63) is 42.0 Å². The van der Waals surface area contributed by atoms with Gasteiger partial charge in [-0.15, -0.1) is 0 Å². The Morgan fingerprint density at radius 2 is 2.22 bits per heavy atom. The second-order valence-electron chi connectivity index (χ2n) is 4.38. The molecule has 1 N–H and O–H groups in total. The van der Waals surface area contributed by atoms with E-state index in [4.69, 9.17) is 4.74 Å². The van der Waals surface area contributed by atoms with Crippen molar-refractivity contribution in [2.45, 2.75) is 26.7 Å². The van der Waals surface area contributed by atoms with Crippen LogP contribution in [-0.2, 0) is 4.74 Å². The Morgan fingerprint density at radius 1 is 1.44 bits per heavy atom. The number of anilines is 1. The molecule has 0 atom stereocenters. The third kappa shape index (κ3) is 5.04. The monoisotopic (exact) mass is 247 g/mol. The first-order valence-corrected chi connectivity index (χ1v) is 6.29. The van der Waals surface area contributed by atoms with E-state index < -0.39 is 0 Å². The molecular formula is C15H21NO2. The number of esters is 1. The fourth-order valence-corrected chi connectivity index (χ4v) is 1.40. The molecule has 98 valence electrons. The van der Waals surface area contributed by atoms with Crippen LogP contribution in [0.15, 0.2) is 36.4 Å². The summed E-state index contributed by atoms with van der Waals surface area (Å²) in [6.07, 6.45) is 1.92. The topological polar surface area (TPSA) is 38.3 Å². The molecule has 3 nitrogen and oxygen atoms in total. The molecule has 0 aliphatic heterocycles. The van der Waals surface area contributed by atoms with Crippen molar-refractivity contribution in [2.75, 3.05) is 18.5 Å². The molecule has 0 heterocycles. The van der Waals surface area contributed by atoms with Crippen LogP contribution in [-0.4, -0.2) is 19.1 Å². The van der Waals surface area contributed by atoms with Crippen LogP contribution in [0.4, 0.5) is 5.69 Å².